The normalized spacial score (nSPS) is 12.9. The molecule has 0 fully saturated rings. The summed E-state index contributed by atoms with van der Waals surface area (Å²) >= 11 is 1.56. The van der Waals surface area contributed by atoms with Crippen LogP contribution < -0.4 is 14.2 Å². The van der Waals surface area contributed by atoms with Crippen LogP contribution in [0.4, 0.5) is 0 Å². The summed E-state index contributed by atoms with van der Waals surface area (Å²) in [5, 5.41) is 5.33. The molecule has 0 saturated carbocycles. The van der Waals surface area contributed by atoms with E-state index in [0.29, 0.717) is 24.1 Å². The number of thioether (sulfide) groups is 1. The van der Waals surface area contributed by atoms with Crippen molar-refractivity contribution in [2.75, 3.05) is 20.3 Å². The predicted molar refractivity (Wildman–Crippen MR) is 110 cm³/mol. The van der Waals surface area contributed by atoms with Crippen molar-refractivity contribution in [1.29, 1.82) is 0 Å². The fraction of sp³-hybridized carbons (Fsp3) is 0.190. The summed E-state index contributed by atoms with van der Waals surface area (Å²) in [6, 6.07) is 15.8. The van der Waals surface area contributed by atoms with E-state index in [1.807, 2.05) is 48.5 Å². The molecular weight excluding hydrogens is 388 g/mol. The number of ether oxygens (including phenoxy) is 3. The molecule has 4 aromatic rings. The number of methoxy groups -OCH3 is 1. The molecule has 0 bridgehead atoms. The van der Waals surface area contributed by atoms with Gasteiger partial charge in [-0.25, -0.2) is 4.98 Å². The van der Waals surface area contributed by atoms with Crippen molar-refractivity contribution in [2.45, 2.75) is 10.9 Å². The number of nitrogens with zero attached hydrogens (tertiary/aromatic N) is 4. The highest BCUT2D eigenvalue weighted by molar-refractivity contribution is 7.98. The molecule has 0 atom stereocenters. The van der Waals surface area contributed by atoms with Crippen LogP contribution in [0.3, 0.4) is 0 Å². The van der Waals surface area contributed by atoms with Gasteiger partial charge in [0.15, 0.2) is 11.5 Å². The molecule has 8 heteroatoms. The first-order valence-corrected chi connectivity index (χ1v) is 10.2. The van der Waals surface area contributed by atoms with E-state index in [9.17, 15) is 0 Å². The van der Waals surface area contributed by atoms with Gasteiger partial charge in [0, 0.05) is 17.5 Å². The van der Waals surface area contributed by atoms with Crippen LogP contribution in [0, 0.1) is 0 Å². The Balaban J connectivity index is 1.40. The van der Waals surface area contributed by atoms with E-state index in [1.54, 1.807) is 29.6 Å². The Hall–Kier alpha value is -3.26. The number of hydrogen-bond acceptors (Lipinski definition) is 7. The molecule has 0 amide bonds. The second kappa shape index (κ2) is 7.63. The molecule has 0 N–H and O–H groups in total. The lowest BCUT2D eigenvalue weighted by molar-refractivity contribution is 0.171. The first-order valence-electron chi connectivity index (χ1n) is 9.18. The molecule has 1 aliphatic rings. The van der Waals surface area contributed by atoms with E-state index in [2.05, 4.69) is 15.1 Å². The van der Waals surface area contributed by atoms with E-state index >= 15 is 0 Å². The maximum absolute atomic E-state index is 5.66. The van der Waals surface area contributed by atoms with Crippen molar-refractivity contribution in [3.63, 3.8) is 0 Å². The quantitative estimate of drug-likeness (QED) is 0.466. The first kappa shape index (κ1) is 17.8. The van der Waals surface area contributed by atoms with Gasteiger partial charge < -0.3 is 14.2 Å². The maximum atomic E-state index is 5.66. The molecule has 0 aliphatic carbocycles. The van der Waals surface area contributed by atoms with E-state index < -0.39 is 0 Å². The number of fused-ring (bicyclic) bond motifs is 2. The van der Waals surface area contributed by atoms with Crippen LogP contribution in [0.15, 0.2) is 59.9 Å². The lowest BCUT2D eigenvalue weighted by atomic mass is 10.1. The summed E-state index contributed by atoms with van der Waals surface area (Å²) in [5.74, 6) is 3.67. The molecule has 2 aromatic heterocycles. The van der Waals surface area contributed by atoms with Gasteiger partial charge in [0.2, 0.25) is 5.16 Å². The van der Waals surface area contributed by atoms with Crippen LogP contribution in [0.25, 0.3) is 17.0 Å². The molecule has 3 heterocycles. The van der Waals surface area contributed by atoms with Crippen molar-refractivity contribution in [3.8, 4) is 28.5 Å². The Morgan fingerprint density at radius 2 is 1.97 bits per heavy atom. The highest BCUT2D eigenvalue weighted by atomic mass is 32.2. The van der Waals surface area contributed by atoms with Gasteiger partial charge >= 0.3 is 0 Å². The molecule has 5 rings (SSSR count). The lowest BCUT2D eigenvalue weighted by Crippen LogP contribution is -2.15. The van der Waals surface area contributed by atoms with Gasteiger partial charge in [0.1, 0.15) is 19.0 Å². The Morgan fingerprint density at radius 3 is 2.86 bits per heavy atom. The number of rotatable bonds is 5. The Labute approximate surface area is 171 Å². The van der Waals surface area contributed by atoms with Crippen molar-refractivity contribution in [3.05, 3.63) is 60.3 Å². The fourth-order valence-corrected chi connectivity index (χ4v) is 3.92. The van der Waals surface area contributed by atoms with Gasteiger partial charge in [0.25, 0.3) is 5.78 Å². The van der Waals surface area contributed by atoms with Crippen molar-refractivity contribution in [2.24, 2.45) is 0 Å². The second-order valence-corrected chi connectivity index (χ2v) is 7.38. The summed E-state index contributed by atoms with van der Waals surface area (Å²) in [5.41, 5.74) is 3.02. The highest BCUT2D eigenvalue weighted by Crippen LogP contribution is 2.33. The van der Waals surface area contributed by atoms with Crippen molar-refractivity contribution >= 4 is 17.5 Å². The Kier molecular flexibility index (Phi) is 4.69. The fourth-order valence-electron chi connectivity index (χ4n) is 3.16. The monoisotopic (exact) mass is 406 g/mol. The van der Waals surface area contributed by atoms with Gasteiger partial charge in [-0.2, -0.15) is 9.50 Å². The summed E-state index contributed by atoms with van der Waals surface area (Å²) in [6.45, 7) is 1.17. The van der Waals surface area contributed by atoms with Gasteiger partial charge in [0.05, 0.1) is 12.8 Å². The summed E-state index contributed by atoms with van der Waals surface area (Å²) in [6.07, 6.45) is 1.74. The third-order valence-electron chi connectivity index (χ3n) is 4.56. The lowest BCUT2D eigenvalue weighted by Gasteiger charge is -2.18. The number of benzene rings is 2. The first-order chi connectivity index (χ1) is 14.3. The zero-order valence-corrected chi connectivity index (χ0v) is 16.6. The minimum atomic E-state index is 0.565. The minimum absolute atomic E-state index is 0.565. The zero-order chi connectivity index (χ0) is 19.6. The van der Waals surface area contributed by atoms with Crippen molar-refractivity contribution < 1.29 is 14.2 Å². The van der Waals surface area contributed by atoms with E-state index in [1.165, 1.54) is 0 Å². The molecule has 0 saturated heterocycles. The Bertz CT molecular complexity index is 1180. The molecular formula is C21H18N4O3S. The zero-order valence-electron chi connectivity index (χ0n) is 15.7. The predicted octanol–water partition coefficient (Wildman–Crippen LogP) is 3.86. The minimum Gasteiger partial charge on any atom is -0.497 e. The van der Waals surface area contributed by atoms with Crippen LogP contribution in [0.5, 0.6) is 17.2 Å². The van der Waals surface area contributed by atoms with Crippen LogP contribution in [0.1, 0.15) is 5.56 Å². The average molecular weight is 406 g/mol. The second-order valence-electron chi connectivity index (χ2n) is 6.43. The standard InChI is InChI=1S/C21H18N4O3S/c1-26-16-4-2-3-15(12-16)17-7-8-22-20-23-21(24-25(17)20)29-13-14-5-6-18-19(11-14)28-10-9-27-18/h2-8,11-12H,9-10,13H2,1H3. The van der Waals surface area contributed by atoms with Crippen LogP contribution >= 0.6 is 11.8 Å². The molecule has 29 heavy (non-hydrogen) atoms. The number of hydrogen-bond donors (Lipinski definition) is 0. The highest BCUT2D eigenvalue weighted by Gasteiger charge is 2.14. The van der Waals surface area contributed by atoms with Crippen LogP contribution in [0.2, 0.25) is 0 Å². The summed E-state index contributed by atoms with van der Waals surface area (Å²) in [7, 11) is 1.66. The smallest absolute Gasteiger partial charge is 0.253 e. The molecule has 0 spiro atoms. The number of aromatic nitrogens is 4. The van der Waals surface area contributed by atoms with Crippen LogP contribution in [-0.4, -0.2) is 39.9 Å². The van der Waals surface area contributed by atoms with E-state index in [0.717, 1.165) is 39.8 Å². The van der Waals surface area contributed by atoms with Gasteiger partial charge in [-0.3, -0.25) is 0 Å². The van der Waals surface area contributed by atoms with Gasteiger partial charge in [-0.05, 0) is 35.9 Å². The third kappa shape index (κ3) is 3.58. The molecule has 7 nitrogen and oxygen atoms in total. The van der Waals surface area contributed by atoms with E-state index in [4.69, 9.17) is 14.2 Å². The Morgan fingerprint density at radius 1 is 1.07 bits per heavy atom. The summed E-state index contributed by atoms with van der Waals surface area (Å²) < 4.78 is 18.3. The van der Waals surface area contributed by atoms with Gasteiger partial charge in [-0.15, -0.1) is 5.10 Å². The maximum Gasteiger partial charge on any atom is 0.253 e. The molecule has 0 radical (unpaired) electrons. The topological polar surface area (TPSA) is 70.8 Å². The van der Waals surface area contributed by atoms with Crippen LogP contribution in [-0.2, 0) is 5.75 Å². The molecule has 1 aliphatic heterocycles. The molecule has 2 aromatic carbocycles. The SMILES string of the molecule is COc1cccc(-c2ccnc3nc(SCc4ccc5c(c4)OCCO5)nn23)c1. The average Bonchev–Trinajstić information content (AvgIpc) is 3.21. The van der Waals surface area contributed by atoms with Crippen molar-refractivity contribution in [1.82, 2.24) is 19.6 Å². The van der Waals surface area contributed by atoms with E-state index in [-0.39, 0.29) is 0 Å². The van der Waals surface area contributed by atoms with Gasteiger partial charge in [-0.1, -0.05) is 30.0 Å². The summed E-state index contributed by atoms with van der Waals surface area (Å²) in [4.78, 5) is 8.91. The third-order valence-corrected chi connectivity index (χ3v) is 5.47. The molecule has 146 valence electrons. The largest absolute Gasteiger partial charge is 0.497 e. The molecule has 0 unspecified atom stereocenters.